The summed E-state index contributed by atoms with van der Waals surface area (Å²) in [6.07, 6.45) is -1.38. The molecule has 1 unspecified atom stereocenters. The van der Waals surface area contributed by atoms with Crippen LogP contribution in [0, 0.1) is 0 Å². The molecule has 1 aliphatic rings. The lowest BCUT2D eigenvalue weighted by Crippen LogP contribution is -2.41. The van der Waals surface area contributed by atoms with Gasteiger partial charge in [-0.1, -0.05) is 12.1 Å². The van der Waals surface area contributed by atoms with Crippen LogP contribution in [0.2, 0.25) is 0 Å². The Balaban J connectivity index is 2.18. The van der Waals surface area contributed by atoms with Crippen LogP contribution in [0.4, 0.5) is 14.6 Å². The van der Waals surface area contributed by atoms with Gasteiger partial charge in [-0.2, -0.15) is 0 Å². The first-order chi connectivity index (χ1) is 10.1. The number of para-hydroxylation sites is 1. The molecule has 1 fully saturated rings. The number of nitrogens with two attached hydrogens (primary N) is 1. The third-order valence-electron chi connectivity index (χ3n) is 3.65. The number of aromatic nitrogens is 2. The first kappa shape index (κ1) is 13.7. The van der Waals surface area contributed by atoms with Crippen molar-refractivity contribution in [2.24, 2.45) is 5.73 Å². The fourth-order valence-electron chi connectivity index (χ4n) is 2.71. The topological polar surface area (TPSA) is 72.1 Å². The van der Waals surface area contributed by atoms with Crippen LogP contribution in [-0.4, -0.2) is 28.5 Å². The largest absolute Gasteiger partial charge is 0.368 e. The Morgan fingerprint density at radius 1 is 1.33 bits per heavy atom. The molecule has 1 aromatic carbocycles. The summed E-state index contributed by atoms with van der Waals surface area (Å²) in [6, 6.07) is 6.42. The number of carbonyl (C=O) groups excluding carboxylic acids is 1. The van der Waals surface area contributed by atoms with E-state index < -0.39 is 24.2 Å². The summed E-state index contributed by atoms with van der Waals surface area (Å²) in [4.78, 5) is 21.1. The molecule has 2 heterocycles. The van der Waals surface area contributed by atoms with Crippen LogP contribution in [0.1, 0.15) is 25.1 Å². The molecule has 7 heteroatoms. The van der Waals surface area contributed by atoms with Crippen LogP contribution >= 0.6 is 0 Å². The molecule has 0 radical (unpaired) electrons. The van der Waals surface area contributed by atoms with Gasteiger partial charge in [-0.3, -0.25) is 4.79 Å². The first-order valence-electron chi connectivity index (χ1n) is 6.68. The Kier molecular flexibility index (Phi) is 3.40. The third kappa shape index (κ3) is 2.39. The molecule has 1 amide bonds. The van der Waals surface area contributed by atoms with Gasteiger partial charge in [0.25, 0.3) is 6.43 Å². The summed E-state index contributed by atoms with van der Waals surface area (Å²) in [7, 11) is 0. The summed E-state index contributed by atoms with van der Waals surface area (Å²) in [5.74, 6) is -0.634. The maximum atomic E-state index is 13.0. The SMILES string of the molecule is NC(=O)C1CCCN1c1nc(C(F)F)nc2ccccc12. The van der Waals surface area contributed by atoms with Crippen molar-refractivity contribution in [1.82, 2.24) is 9.97 Å². The summed E-state index contributed by atoms with van der Waals surface area (Å²) >= 11 is 0. The van der Waals surface area contributed by atoms with E-state index in [1.54, 1.807) is 29.2 Å². The number of amides is 1. The van der Waals surface area contributed by atoms with Crippen molar-refractivity contribution in [3.05, 3.63) is 30.1 Å². The molecule has 0 bridgehead atoms. The number of hydrogen-bond acceptors (Lipinski definition) is 4. The molecule has 1 atom stereocenters. The van der Waals surface area contributed by atoms with E-state index in [0.717, 1.165) is 6.42 Å². The highest BCUT2D eigenvalue weighted by molar-refractivity contribution is 5.93. The van der Waals surface area contributed by atoms with Gasteiger partial charge in [0.2, 0.25) is 5.91 Å². The van der Waals surface area contributed by atoms with Crippen LogP contribution in [-0.2, 0) is 4.79 Å². The summed E-state index contributed by atoms with van der Waals surface area (Å²) in [6.45, 7) is 0.567. The van der Waals surface area contributed by atoms with Crippen molar-refractivity contribution in [2.75, 3.05) is 11.4 Å². The molecule has 2 aromatic rings. The minimum Gasteiger partial charge on any atom is -0.368 e. The lowest BCUT2D eigenvalue weighted by molar-refractivity contribution is -0.119. The second kappa shape index (κ2) is 5.23. The van der Waals surface area contributed by atoms with Crippen molar-refractivity contribution in [3.8, 4) is 0 Å². The Morgan fingerprint density at radius 3 is 2.81 bits per heavy atom. The number of halogens is 2. The molecular weight excluding hydrogens is 278 g/mol. The number of anilines is 1. The van der Waals surface area contributed by atoms with Crippen molar-refractivity contribution in [2.45, 2.75) is 25.3 Å². The Hall–Kier alpha value is -2.31. The summed E-state index contributed by atoms with van der Waals surface area (Å²) in [5.41, 5.74) is 5.83. The zero-order chi connectivity index (χ0) is 15.0. The van der Waals surface area contributed by atoms with Gasteiger partial charge in [0, 0.05) is 11.9 Å². The second-order valence-electron chi connectivity index (χ2n) is 4.98. The molecule has 1 saturated heterocycles. The van der Waals surface area contributed by atoms with Crippen molar-refractivity contribution >= 4 is 22.6 Å². The van der Waals surface area contributed by atoms with E-state index in [0.29, 0.717) is 29.7 Å². The average Bonchev–Trinajstić information content (AvgIpc) is 2.95. The Bertz CT molecular complexity index is 692. The van der Waals surface area contributed by atoms with E-state index in [4.69, 9.17) is 5.73 Å². The number of hydrogen-bond donors (Lipinski definition) is 1. The van der Waals surface area contributed by atoms with E-state index >= 15 is 0 Å². The van der Waals surface area contributed by atoms with E-state index in [2.05, 4.69) is 9.97 Å². The highest BCUT2D eigenvalue weighted by atomic mass is 19.3. The van der Waals surface area contributed by atoms with Gasteiger partial charge in [0.1, 0.15) is 11.9 Å². The average molecular weight is 292 g/mol. The number of primary amides is 1. The number of alkyl halides is 2. The molecule has 0 aliphatic carbocycles. The molecule has 1 aliphatic heterocycles. The standard InChI is InChI=1S/C14H14F2N4O/c15-11(16)13-18-9-5-2-1-4-8(9)14(19-13)20-7-3-6-10(20)12(17)21/h1-2,4-5,10-11H,3,6-7H2,(H2,17,21). The predicted octanol–water partition coefficient (Wildman–Crippen LogP) is 2.02. The molecule has 110 valence electrons. The maximum Gasteiger partial charge on any atom is 0.297 e. The molecule has 0 saturated carbocycles. The van der Waals surface area contributed by atoms with Crippen LogP contribution in [0.15, 0.2) is 24.3 Å². The highest BCUT2D eigenvalue weighted by Gasteiger charge is 2.32. The lowest BCUT2D eigenvalue weighted by atomic mass is 10.2. The van der Waals surface area contributed by atoms with Gasteiger partial charge in [-0.15, -0.1) is 0 Å². The fraction of sp³-hybridized carbons (Fsp3) is 0.357. The van der Waals surface area contributed by atoms with Crippen LogP contribution in [0.3, 0.4) is 0 Å². The molecule has 2 N–H and O–H groups in total. The highest BCUT2D eigenvalue weighted by Crippen LogP contribution is 2.31. The number of benzene rings is 1. The van der Waals surface area contributed by atoms with Crippen molar-refractivity contribution in [1.29, 1.82) is 0 Å². The third-order valence-corrected chi connectivity index (χ3v) is 3.65. The molecule has 5 nitrogen and oxygen atoms in total. The number of nitrogens with zero attached hydrogens (tertiary/aromatic N) is 3. The smallest absolute Gasteiger partial charge is 0.297 e. The van der Waals surface area contributed by atoms with E-state index in [-0.39, 0.29) is 0 Å². The van der Waals surface area contributed by atoms with Gasteiger partial charge < -0.3 is 10.6 Å². The van der Waals surface area contributed by atoms with Crippen LogP contribution in [0.25, 0.3) is 10.9 Å². The minimum absolute atomic E-state index is 0.359. The van der Waals surface area contributed by atoms with Gasteiger partial charge in [0.15, 0.2) is 5.82 Å². The van der Waals surface area contributed by atoms with Gasteiger partial charge in [0.05, 0.1) is 5.52 Å². The Labute approximate surface area is 119 Å². The molecule has 3 rings (SSSR count). The lowest BCUT2D eigenvalue weighted by Gasteiger charge is -2.24. The van der Waals surface area contributed by atoms with E-state index in [1.807, 2.05) is 0 Å². The summed E-state index contributed by atoms with van der Waals surface area (Å²) < 4.78 is 26.0. The maximum absolute atomic E-state index is 13.0. The summed E-state index contributed by atoms with van der Waals surface area (Å²) in [5, 5.41) is 0.648. The first-order valence-corrected chi connectivity index (χ1v) is 6.68. The number of carbonyl (C=O) groups is 1. The minimum atomic E-state index is -2.76. The van der Waals surface area contributed by atoms with Crippen molar-refractivity contribution in [3.63, 3.8) is 0 Å². The van der Waals surface area contributed by atoms with Crippen LogP contribution < -0.4 is 10.6 Å². The fourth-order valence-corrected chi connectivity index (χ4v) is 2.71. The van der Waals surface area contributed by atoms with Gasteiger partial charge >= 0.3 is 0 Å². The zero-order valence-corrected chi connectivity index (χ0v) is 11.2. The Morgan fingerprint density at radius 2 is 2.10 bits per heavy atom. The van der Waals surface area contributed by atoms with Crippen molar-refractivity contribution < 1.29 is 13.6 Å². The molecule has 0 spiro atoms. The molecular formula is C14H14F2N4O. The molecule has 1 aromatic heterocycles. The van der Waals surface area contributed by atoms with Gasteiger partial charge in [-0.25, -0.2) is 18.7 Å². The van der Waals surface area contributed by atoms with Crippen LogP contribution in [0.5, 0.6) is 0 Å². The number of rotatable bonds is 3. The monoisotopic (exact) mass is 292 g/mol. The van der Waals surface area contributed by atoms with E-state index in [9.17, 15) is 13.6 Å². The normalized spacial score (nSPS) is 18.6. The second-order valence-corrected chi connectivity index (χ2v) is 4.98. The predicted molar refractivity (Wildman–Crippen MR) is 74.1 cm³/mol. The number of fused-ring (bicyclic) bond motifs is 1. The zero-order valence-electron chi connectivity index (χ0n) is 11.2. The van der Waals surface area contributed by atoms with Gasteiger partial charge in [-0.05, 0) is 25.0 Å². The molecule has 21 heavy (non-hydrogen) atoms. The van der Waals surface area contributed by atoms with E-state index in [1.165, 1.54) is 0 Å². The quantitative estimate of drug-likeness (QED) is 0.939.